The van der Waals surface area contributed by atoms with Crippen molar-refractivity contribution in [1.82, 2.24) is 0 Å². The maximum atomic E-state index is 2.25. The van der Waals surface area contributed by atoms with Gasteiger partial charge in [-0.15, -0.1) is 0 Å². The van der Waals surface area contributed by atoms with Crippen LogP contribution < -0.4 is 0 Å². The van der Waals surface area contributed by atoms with Crippen LogP contribution in [0.3, 0.4) is 0 Å². The van der Waals surface area contributed by atoms with E-state index in [1.807, 2.05) is 18.6 Å². The summed E-state index contributed by atoms with van der Waals surface area (Å²) in [7, 11) is 0. The molecule has 1 aliphatic carbocycles. The van der Waals surface area contributed by atoms with Crippen molar-refractivity contribution < 1.29 is 0 Å². The third-order valence-corrected chi connectivity index (χ3v) is 4.78. The van der Waals surface area contributed by atoms with Gasteiger partial charge in [-0.05, 0) is 0 Å². The van der Waals surface area contributed by atoms with E-state index in [0.717, 1.165) is 4.47 Å². The van der Waals surface area contributed by atoms with E-state index >= 15 is 0 Å². The van der Waals surface area contributed by atoms with Crippen LogP contribution in [0.1, 0.15) is 27.7 Å². The van der Waals surface area contributed by atoms with Crippen molar-refractivity contribution in [3.8, 4) is 0 Å². The van der Waals surface area contributed by atoms with Crippen LogP contribution in [0.4, 0.5) is 0 Å². The summed E-state index contributed by atoms with van der Waals surface area (Å²) < 4.78 is 0.757. The summed E-state index contributed by atoms with van der Waals surface area (Å²) in [5.41, 5.74) is 6.20. The maximum absolute atomic E-state index is 2.25. The second kappa shape index (κ2) is 2.63. The zero-order chi connectivity index (χ0) is 7.89. The van der Waals surface area contributed by atoms with Crippen LogP contribution in [0, 0.1) is 0 Å². The molecule has 0 spiro atoms. The molecule has 0 bridgehead atoms. The van der Waals surface area contributed by atoms with Gasteiger partial charge < -0.3 is 0 Å². The predicted octanol–water partition coefficient (Wildman–Crippen LogP) is 2.63. The molecule has 0 N–H and O–H groups in total. The second-order valence-electron chi connectivity index (χ2n) is 3.09. The van der Waals surface area contributed by atoms with Crippen molar-refractivity contribution in [2.45, 2.75) is 32.2 Å². The molecule has 0 heterocycles. The van der Waals surface area contributed by atoms with Crippen molar-refractivity contribution in [2.24, 2.45) is 0 Å². The van der Waals surface area contributed by atoms with Gasteiger partial charge in [-0.1, -0.05) is 0 Å². The van der Waals surface area contributed by atoms with Crippen LogP contribution in [-0.4, -0.2) is 18.6 Å². The van der Waals surface area contributed by atoms with Gasteiger partial charge in [-0.3, -0.25) is 0 Å². The van der Waals surface area contributed by atoms with Crippen molar-refractivity contribution in [2.75, 3.05) is 0 Å². The third-order valence-electron chi connectivity index (χ3n) is 2.68. The molecule has 0 aromatic carbocycles. The van der Waals surface area contributed by atoms with Crippen LogP contribution in [0.25, 0.3) is 0 Å². The monoisotopic (exact) mass is 190 g/mol. The van der Waals surface area contributed by atoms with E-state index in [0.29, 0.717) is 0 Å². The number of hydrogen-bond acceptors (Lipinski definition) is 0. The molecule has 0 aliphatic heterocycles. The number of rotatable bonds is 0. The molecule has 1 heteroatoms. The van der Waals surface area contributed by atoms with Crippen LogP contribution in [0.2, 0.25) is 4.47 Å². The molecule has 0 unspecified atom stereocenters. The molecule has 0 aromatic heterocycles. The van der Waals surface area contributed by atoms with Crippen LogP contribution >= 0.6 is 0 Å². The molecule has 0 nitrogen and oxygen atoms in total. The van der Waals surface area contributed by atoms with Gasteiger partial charge in [0, 0.05) is 0 Å². The first-order chi connectivity index (χ1) is 4.55. The summed E-state index contributed by atoms with van der Waals surface area (Å²) in [5, 5.41) is 0. The minimum atomic E-state index is 0.757. The van der Waals surface area contributed by atoms with Gasteiger partial charge in [0.25, 0.3) is 0 Å². The molecule has 1 rings (SSSR count). The van der Waals surface area contributed by atoms with Gasteiger partial charge in [0.05, 0.1) is 0 Å². The number of allylic oxidation sites excluding steroid dienone is 4. The summed E-state index contributed by atoms with van der Waals surface area (Å²) >= 11 is 1.83. The Morgan fingerprint density at radius 1 is 0.900 bits per heavy atom. The number of hydrogen-bond donors (Lipinski definition) is 0. The van der Waals surface area contributed by atoms with Gasteiger partial charge in [-0.2, -0.15) is 0 Å². The van der Waals surface area contributed by atoms with Gasteiger partial charge in [0.1, 0.15) is 0 Å². The van der Waals surface area contributed by atoms with Crippen molar-refractivity contribution >= 4 is 18.6 Å². The Morgan fingerprint density at radius 3 is 1.30 bits per heavy atom. The van der Waals surface area contributed by atoms with Crippen molar-refractivity contribution in [1.29, 1.82) is 0 Å². The van der Waals surface area contributed by atoms with Gasteiger partial charge in [0.15, 0.2) is 0 Å². The van der Waals surface area contributed by atoms with Crippen molar-refractivity contribution in [3.05, 3.63) is 22.3 Å². The van der Waals surface area contributed by atoms with Crippen LogP contribution in [0.5, 0.6) is 0 Å². The summed E-state index contributed by atoms with van der Waals surface area (Å²) in [6.45, 7) is 8.96. The topological polar surface area (TPSA) is 0 Å². The van der Waals surface area contributed by atoms with E-state index in [-0.39, 0.29) is 0 Å². The quantitative estimate of drug-likeness (QED) is 0.516. The zero-order valence-corrected chi connectivity index (χ0v) is 9.58. The Kier molecular flexibility index (Phi) is 2.16. The Labute approximate surface area is 73.3 Å². The Morgan fingerprint density at radius 2 is 1.20 bits per heavy atom. The molecule has 0 saturated heterocycles. The molecule has 1 aliphatic rings. The SMILES string of the molecule is CC1=C(C)[CH]([Ga])C(C)=C1C. The minimum absolute atomic E-state index is 0.757. The van der Waals surface area contributed by atoms with E-state index < -0.39 is 0 Å². The van der Waals surface area contributed by atoms with Gasteiger partial charge in [-0.25, -0.2) is 0 Å². The first-order valence-corrected chi connectivity index (χ1v) is 5.06. The van der Waals surface area contributed by atoms with Crippen molar-refractivity contribution in [3.63, 3.8) is 0 Å². The van der Waals surface area contributed by atoms with E-state index in [1.54, 1.807) is 11.1 Å². The van der Waals surface area contributed by atoms with E-state index in [1.165, 1.54) is 11.1 Å². The molecule has 0 fully saturated rings. The predicted molar refractivity (Wildman–Crippen MR) is 46.3 cm³/mol. The summed E-state index contributed by atoms with van der Waals surface area (Å²) in [5.74, 6) is 0. The fraction of sp³-hybridized carbons (Fsp3) is 0.556. The summed E-state index contributed by atoms with van der Waals surface area (Å²) in [6, 6.07) is 0. The van der Waals surface area contributed by atoms with E-state index in [2.05, 4.69) is 27.7 Å². The molecule has 10 heavy (non-hydrogen) atoms. The fourth-order valence-corrected chi connectivity index (χ4v) is 2.43. The van der Waals surface area contributed by atoms with Gasteiger partial charge >= 0.3 is 73.1 Å². The zero-order valence-electron chi connectivity index (χ0n) is 7.15. The van der Waals surface area contributed by atoms with Crippen LogP contribution in [0.15, 0.2) is 22.3 Å². The van der Waals surface area contributed by atoms with E-state index in [4.69, 9.17) is 0 Å². The molecule has 0 aromatic rings. The Hall–Kier alpha value is 0.116. The average Bonchev–Trinajstić information content (AvgIpc) is 2.07. The average molecular weight is 191 g/mol. The molecule has 0 amide bonds. The molecule has 2 radical (unpaired) electrons. The van der Waals surface area contributed by atoms with Gasteiger partial charge in [0.2, 0.25) is 0 Å². The van der Waals surface area contributed by atoms with E-state index in [9.17, 15) is 0 Å². The molecular weight excluding hydrogens is 178 g/mol. The van der Waals surface area contributed by atoms with Crippen LogP contribution in [-0.2, 0) is 0 Å². The first-order valence-electron chi connectivity index (χ1n) is 3.66. The molecule has 0 atom stereocenters. The second-order valence-corrected chi connectivity index (χ2v) is 4.49. The summed E-state index contributed by atoms with van der Waals surface area (Å²) in [6.07, 6.45) is 0. The first kappa shape index (κ1) is 8.22. The normalized spacial score (nSPS) is 21.2. The molecule has 0 saturated carbocycles. The summed E-state index contributed by atoms with van der Waals surface area (Å²) in [4.78, 5) is 0. The Bertz CT molecular complexity index is 197. The Balaban J connectivity index is 3.09. The standard InChI is InChI=1S/C9H13.Ga/c1-6-5-7(2)9(4)8(6)3;/h5H,1-4H3;. The fourth-order valence-electron chi connectivity index (χ4n) is 1.38. The molecule has 52 valence electrons. The third kappa shape index (κ3) is 1.02. The molecular formula is C9H13Ga.